The summed E-state index contributed by atoms with van der Waals surface area (Å²) in [6, 6.07) is 8.16. The second kappa shape index (κ2) is 7.47. The van der Waals surface area contributed by atoms with E-state index in [2.05, 4.69) is 4.98 Å². The largest absolute Gasteiger partial charge is 1.00 e. The van der Waals surface area contributed by atoms with Gasteiger partial charge in [-0.2, -0.15) is 0 Å². The molecule has 2 rings (SSSR count). The Morgan fingerprint density at radius 1 is 1.20 bits per heavy atom. The fourth-order valence-corrected chi connectivity index (χ4v) is 1.79. The van der Waals surface area contributed by atoms with Gasteiger partial charge < -0.3 is 9.90 Å². The van der Waals surface area contributed by atoms with Crippen LogP contribution in [-0.2, 0) is 11.2 Å². The number of carbonyl (C=O) groups excluding carboxylic acids is 1. The van der Waals surface area contributed by atoms with Crippen molar-refractivity contribution in [2.24, 2.45) is 0 Å². The van der Waals surface area contributed by atoms with Crippen LogP contribution in [0.4, 0.5) is 8.78 Å². The zero-order valence-corrected chi connectivity index (χ0v) is 12.8. The van der Waals surface area contributed by atoms with E-state index in [1.165, 1.54) is 12.3 Å². The molecule has 0 aliphatic heterocycles. The summed E-state index contributed by atoms with van der Waals surface area (Å²) in [7, 11) is 0. The van der Waals surface area contributed by atoms with Crippen molar-refractivity contribution in [2.45, 2.75) is 12.3 Å². The summed E-state index contributed by atoms with van der Waals surface area (Å²) in [6.07, 6.45) is 1.47. The molecule has 98 valence electrons. The molecule has 0 saturated carbocycles. The zero-order chi connectivity index (χ0) is 13.8. The van der Waals surface area contributed by atoms with E-state index in [1.54, 1.807) is 18.2 Å². The van der Waals surface area contributed by atoms with Crippen molar-refractivity contribution < 1.29 is 48.2 Å². The van der Waals surface area contributed by atoms with Crippen LogP contribution in [0.5, 0.6) is 0 Å². The number of carboxylic acids is 1. The quantitative estimate of drug-likeness (QED) is 0.639. The van der Waals surface area contributed by atoms with Crippen molar-refractivity contribution >= 4 is 5.97 Å². The minimum Gasteiger partial charge on any atom is -0.549 e. The summed E-state index contributed by atoms with van der Waals surface area (Å²) < 4.78 is 25.9. The second-order valence-electron chi connectivity index (χ2n) is 4.08. The monoisotopic (exact) mass is 285 g/mol. The number of rotatable bonds is 4. The van der Waals surface area contributed by atoms with Gasteiger partial charge in [-0.25, -0.2) is 8.78 Å². The van der Waals surface area contributed by atoms with Gasteiger partial charge in [0.05, 0.1) is 5.97 Å². The zero-order valence-electron chi connectivity index (χ0n) is 10.8. The number of carboxylic acid groups (broad SMARTS) is 1. The summed E-state index contributed by atoms with van der Waals surface area (Å²) in [4.78, 5) is 15.1. The molecule has 0 fully saturated rings. The third-order valence-corrected chi connectivity index (χ3v) is 2.75. The van der Waals surface area contributed by atoms with Crippen LogP contribution in [0.1, 0.15) is 17.2 Å². The molecule has 1 aromatic heterocycles. The number of aliphatic carboxylic acids is 1. The molecule has 0 N–H and O–H groups in total. The van der Waals surface area contributed by atoms with Crippen LogP contribution in [0.15, 0.2) is 42.6 Å². The van der Waals surface area contributed by atoms with Gasteiger partial charge in [0.1, 0.15) is 0 Å². The summed E-state index contributed by atoms with van der Waals surface area (Å²) in [5, 5.41) is 11.1. The third-order valence-electron chi connectivity index (χ3n) is 2.75. The van der Waals surface area contributed by atoms with E-state index in [-0.39, 0.29) is 36.0 Å². The molecule has 0 spiro atoms. The van der Waals surface area contributed by atoms with E-state index in [1.807, 2.05) is 0 Å². The van der Waals surface area contributed by atoms with Crippen LogP contribution in [-0.4, -0.2) is 11.0 Å². The molecule has 1 unspecified atom stereocenters. The Balaban J connectivity index is 0.00000200. The standard InChI is InChI=1S/C14H11F2NO2.Na/c15-11-5-4-9(8-12(11)16)7-10(14(18)19)13-3-1-2-6-17-13;/h1-6,8,10H,7H2,(H,18,19);/q;+1/p-1. The van der Waals surface area contributed by atoms with Crippen LogP contribution < -0.4 is 34.7 Å². The van der Waals surface area contributed by atoms with Crippen molar-refractivity contribution in [3.05, 3.63) is 65.5 Å². The van der Waals surface area contributed by atoms with Gasteiger partial charge in [-0.1, -0.05) is 12.1 Å². The van der Waals surface area contributed by atoms with Crippen molar-refractivity contribution in [3.8, 4) is 0 Å². The fraction of sp³-hybridized carbons (Fsp3) is 0.143. The molecular weight excluding hydrogens is 275 g/mol. The second-order valence-corrected chi connectivity index (χ2v) is 4.08. The van der Waals surface area contributed by atoms with Gasteiger partial charge in [0.25, 0.3) is 0 Å². The number of pyridine rings is 1. The van der Waals surface area contributed by atoms with Gasteiger partial charge in [0.2, 0.25) is 0 Å². The maximum atomic E-state index is 13.1. The molecule has 0 aliphatic rings. The summed E-state index contributed by atoms with van der Waals surface area (Å²) in [6.45, 7) is 0. The van der Waals surface area contributed by atoms with Crippen LogP contribution in [0, 0.1) is 11.6 Å². The summed E-state index contributed by atoms with van der Waals surface area (Å²) >= 11 is 0. The molecule has 6 heteroatoms. The first kappa shape index (κ1) is 16.8. The Labute approximate surface area is 137 Å². The summed E-state index contributed by atoms with van der Waals surface area (Å²) in [5.74, 6) is -4.27. The Morgan fingerprint density at radius 2 is 1.95 bits per heavy atom. The maximum absolute atomic E-state index is 13.1. The Morgan fingerprint density at radius 3 is 2.50 bits per heavy atom. The van der Waals surface area contributed by atoms with Crippen LogP contribution in [0.3, 0.4) is 0 Å². The first-order valence-corrected chi connectivity index (χ1v) is 5.63. The van der Waals surface area contributed by atoms with Crippen molar-refractivity contribution in [1.29, 1.82) is 0 Å². The smallest absolute Gasteiger partial charge is 0.549 e. The molecule has 1 atom stereocenters. The van der Waals surface area contributed by atoms with E-state index in [9.17, 15) is 18.7 Å². The number of nitrogens with zero attached hydrogens (tertiary/aromatic N) is 1. The molecule has 0 saturated heterocycles. The number of halogens is 2. The molecular formula is C14H10F2NNaO2. The van der Waals surface area contributed by atoms with Gasteiger partial charge in [-0.05, 0) is 36.2 Å². The van der Waals surface area contributed by atoms with Gasteiger partial charge >= 0.3 is 29.6 Å². The van der Waals surface area contributed by atoms with E-state index in [0.29, 0.717) is 11.3 Å². The predicted molar refractivity (Wildman–Crippen MR) is 62.0 cm³/mol. The maximum Gasteiger partial charge on any atom is 1.00 e. The third kappa shape index (κ3) is 4.10. The van der Waals surface area contributed by atoms with E-state index in [0.717, 1.165) is 12.1 Å². The molecule has 2 aromatic rings. The number of hydrogen-bond acceptors (Lipinski definition) is 3. The summed E-state index contributed by atoms with van der Waals surface area (Å²) in [5.41, 5.74) is 0.700. The molecule has 0 bridgehead atoms. The van der Waals surface area contributed by atoms with E-state index < -0.39 is 23.5 Å². The molecule has 20 heavy (non-hydrogen) atoms. The minimum atomic E-state index is -1.30. The number of carbonyl (C=O) groups is 1. The number of hydrogen-bond donors (Lipinski definition) is 0. The van der Waals surface area contributed by atoms with Crippen molar-refractivity contribution in [3.63, 3.8) is 0 Å². The average molecular weight is 285 g/mol. The molecule has 1 heterocycles. The molecule has 0 amide bonds. The van der Waals surface area contributed by atoms with Crippen molar-refractivity contribution in [1.82, 2.24) is 4.98 Å². The van der Waals surface area contributed by atoms with Crippen LogP contribution >= 0.6 is 0 Å². The Bertz CT molecular complexity index is 593. The first-order chi connectivity index (χ1) is 9.08. The number of benzene rings is 1. The predicted octanol–water partition coefficient (Wildman–Crippen LogP) is -1.56. The topological polar surface area (TPSA) is 53.0 Å². The van der Waals surface area contributed by atoms with E-state index >= 15 is 0 Å². The van der Waals surface area contributed by atoms with Crippen molar-refractivity contribution in [2.75, 3.05) is 0 Å². The number of aromatic nitrogens is 1. The molecule has 0 radical (unpaired) electrons. The van der Waals surface area contributed by atoms with Gasteiger partial charge in [-0.15, -0.1) is 0 Å². The minimum absolute atomic E-state index is 0. The first-order valence-electron chi connectivity index (χ1n) is 5.63. The van der Waals surface area contributed by atoms with E-state index in [4.69, 9.17) is 0 Å². The molecule has 0 aliphatic carbocycles. The fourth-order valence-electron chi connectivity index (χ4n) is 1.79. The van der Waals surface area contributed by atoms with Crippen LogP contribution in [0.25, 0.3) is 0 Å². The van der Waals surface area contributed by atoms with Gasteiger partial charge in [0.15, 0.2) is 11.6 Å². The SMILES string of the molecule is O=C([O-])C(Cc1ccc(F)c(F)c1)c1ccccn1.[Na+]. The van der Waals surface area contributed by atoms with Gasteiger partial charge in [0, 0.05) is 17.8 Å². The Kier molecular flexibility index (Phi) is 6.26. The normalized spacial score (nSPS) is 11.5. The molecule has 1 aromatic carbocycles. The average Bonchev–Trinajstić information content (AvgIpc) is 2.40. The Hall–Kier alpha value is -1.30. The van der Waals surface area contributed by atoms with Crippen LogP contribution in [0.2, 0.25) is 0 Å². The van der Waals surface area contributed by atoms with Gasteiger partial charge in [-0.3, -0.25) is 4.98 Å². The molecule has 3 nitrogen and oxygen atoms in total.